The number of nitrogens with zero attached hydrogens (tertiary/aromatic N) is 3. The molecule has 4 rings (SSSR count). The predicted molar refractivity (Wildman–Crippen MR) is 74.6 cm³/mol. The van der Waals surface area contributed by atoms with Crippen molar-refractivity contribution >= 4 is 34.5 Å². The van der Waals surface area contributed by atoms with Crippen LogP contribution in [0.2, 0.25) is 0 Å². The molecular weight excluding hydrogens is 274 g/mol. The van der Waals surface area contributed by atoms with Crippen molar-refractivity contribution in [2.75, 3.05) is 5.32 Å². The van der Waals surface area contributed by atoms with E-state index in [0.29, 0.717) is 12.1 Å². The molecular formula is C13H9N5OS. The Hall–Kier alpha value is -2.41. The lowest BCUT2D eigenvalue weighted by Crippen LogP contribution is -2.03. The molecule has 0 saturated heterocycles. The van der Waals surface area contributed by atoms with Crippen LogP contribution in [-0.4, -0.2) is 25.8 Å². The molecule has 0 saturated carbocycles. The number of rotatable bonds is 2. The number of imidazole rings is 1. The predicted octanol–water partition coefficient (Wildman–Crippen LogP) is 2.00. The van der Waals surface area contributed by atoms with Gasteiger partial charge in [0.1, 0.15) is 16.9 Å². The van der Waals surface area contributed by atoms with Crippen molar-refractivity contribution in [3.8, 4) is 0 Å². The van der Waals surface area contributed by atoms with Gasteiger partial charge in [-0.25, -0.2) is 15.0 Å². The molecule has 3 aromatic rings. The van der Waals surface area contributed by atoms with Gasteiger partial charge in [0.15, 0.2) is 5.65 Å². The topological polar surface area (TPSA) is 83.6 Å². The Morgan fingerprint density at radius 2 is 2.15 bits per heavy atom. The second-order valence-corrected chi connectivity index (χ2v) is 5.49. The number of anilines is 1. The molecule has 20 heavy (non-hydrogen) atoms. The molecule has 6 nitrogen and oxygen atoms in total. The van der Waals surface area contributed by atoms with E-state index in [9.17, 15) is 4.79 Å². The lowest BCUT2D eigenvalue weighted by atomic mass is 10.2. The summed E-state index contributed by atoms with van der Waals surface area (Å²) in [5.41, 5.74) is 3.40. The third kappa shape index (κ3) is 1.83. The highest BCUT2D eigenvalue weighted by molar-refractivity contribution is 7.99. The van der Waals surface area contributed by atoms with Crippen LogP contribution in [0.3, 0.4) is 0 Å². The zero-order chi connectivity index (χ0) is 13.5. The average Bonchev–Trinajstić information content (AvgIpc) is 3.03. The van der Waals surface area contributed by atoms with Crippen LogP contribution in [0.5, 0.6) is 0 Å². The molecule has 0 aliphatic carbocycles. The minimum atomic E-state index is 0.0418. The molecule has 1 aliphatic heterocycles. The molecule has 0 unspecified atom stereocenters. The maximum atomic E-state index is 11.4. The number of H-pyrrole nitrogens is 1. The Morgan fingerprint density at radius 3 is 3.10 bits per heavy atom. The van der Waals surface area contributed by atoms with Gasteiger partial charge in [0.05, 0.1) is 12.7 Å². The molecule has 2 N–H and O–H groups in total. The smallest absolute Gasteiger partial charge is 0.228 e. The number of carbonyl (C=O) groups excluding carboxylic acids is 1. The van der Waals surface area contributed by atoms with Gasteiger partial charge in [-0.2, -0.15) is 0 Å². The second kappa shape index (κ2) is 4.31. The van der Waals surface area contributed by atoms with E-state index in [1.807, 2.05) is 18.2 Å². The van der Waals surface area contributed by atoms with Crippen LogP contribution < -0.4 is 5.32 Å². The fourth-order valence-electron chi connectivity index (χ4n) is 2.20. The van der Waals surface area contributed by atoms with E-state index >= 15 is 0 Å². The molecule has 2 aromatic heterocycles. The lowest BCUT2D eigenvalue weighted by Gasteiger charge is -2.04. The Kier molecular flexibility index (Phi) is 2.46. The number of hydrogen-bond acceptors (Lipinski definition) is 5. The Bertz CT molecular complexity index is 828. The highest BCUT2D eigenvalue weighted by atomic mass is 32.2. The van der Waals surface area contributed by atoms with Crippen molar-refractivity contribution in [1.82, 2.24) is 19.9 Å². The average molecular weight is 283 g/mol. The van der Waals surface area contributed by atoms with E-state index in [1.54, 1.807) is 6.33 Å². The van der Waals surface area contributed by atoms with Gasteiger partial charge in [-0.05, 0) is 23.8 Å². The maximum Gasteiger partial charge on any atom is 0.228 e. The Balaban J connectivity index is 1.71. The van der Waals surface area contributed by atoms with Crippen molar-refractivity contribution in [1.29, 1.82) is 0 Å². The summed E-state index contributed by atoms with van der Waals surface area (Å²) in [6, 6.07) is 5.91. The summed E-state index contributed by atoms with van der Waals surface area (Å²) >= 11 is 1.53. The van der Waals surface area contributed by atoms with E-state index in [-0.39, 0.29) is 5.91 Å². The van der Waals surface area contributed by atoms with Crippen LogP contribution in [0.25, 0.3) is 11.2 Å². The van der Waals surface area contributed by atoms with E-state index < -0.39 is 0 Å². The van der Waals surface area contributed by atoms with Crippen molar-refractivity contribution in [3.63, 3.8) is 0 Å². The fraction of sp³-hybridized carbons (Fsp3) is 0.0769. The third-order valence-corrected chi connectivity index (χ3v) is 4.10. The van der Waals surface area contributed by atoms with E-state index in [2.05, 4.69) is 25.3 Å². The van der Waals surface area contributed by atoms with Crippen LogP contribution in [0, 0.1) is 0 Å². The SMILES string of the molecule is O=C1Cc2cc(Sc3ncnc4nc[nH]c34)ccc2N1. The first-order valence-electron chi connectivity index (χ1n) is 6.04. The van der Waals surface area contributed by atoms with E-state index in [4.69, 9.17) is 0 Å². The first kappa shape index (κ1) is 11.4. The van der Waals surface area contributed by atoms with E-state index in [0.717, 1.165) is 26.7 Å². The van der Waals surface area contributed by atoms with Gasteiger partial charge in [0, 0.05) is 10.6 Å². The monoisotopic (exact) mass is 283 g/mol. The number of carbonyl (C=O) groups is 1. The fourth-order valence-corrected chi connectivity index (χ4v) is 3.11. The zero-order valence-electron chi connectivity index (χ0n) is 10.3. The van der Waals surface area contributed by atoms with Crippen LogP contribution >= 0.6 is 11.8 Å². The first-order valence-corrected chi connectivity index (χ1v) is 6.86. The van der Waals surface area contributed by atoms with Crippen LogP contribution in [-0.2, 0) is 11.2 Å². The molecule has 98 valence electrons. The van der Waals surface area contributed by atoms with Gasteiger partial charge in [-0.1, -0.05) is 11.8 Å². The molecule has 7 heteroatoms. The van der Waals surface area contributed by atoms with Gasteiger partial charge < -0.3 is 10.3 Å². The number of amides is 1. The minimum absolute atomic E-state index is 0.0418. The third-order valence-electron chi connectivity index (χ3n) is 3.10. The Labute approximate surface area is 118 Å². The molecule has 1 aromatic carbocycles. The van der Waals surface area contributed by atoms with Gasteiger partial charge >= 0.3 is 0 Å². The summed E-state index contributed by atoms with van der Waals surface area (Å²) < 4.78 is 0. The van der Waals surface area contributed by atoms with Gasteiger partial charge in [-0.15, -0.1) is 0 Å². The first-order chi connectivity index (χ1) is 9.79. The molecule has 0 radical (unpaired) electrons. The number of aromatic amines is 1. The van der Waals surface area contributed by atoms with Crippen LogP contribution in [0.1, 0.15) is 5.56 Å². The van der Waals surface area contributed by atoms with Crippen molar-refractivity contribution in [2.45, 2.75) is 16.3 Å². The minimum Gasteiger partial charge on any atom is -0.341 e. The number of nitrogens with one attached hydrogen (secondary N) is 2. The van der Waals surface area contributed by atoms with Crippen molar-refractivity contribution < 1.29 is 4.79 Å². The summed E-state index contributed by atoms with van der Waals surface area (Å²) in [5.74, 6) is 0.0418. The molecule has 0 bridgehead atoms. The number of hydrogen-bond donors (Lipinski definition) is 2. The molecule has 0 fully saturated rings. The highest BCUT2D eigenvalue weighted by Gasteiger charge is 2.18. The molecule has 1 aliphatic rings. The summed E-state index contributed by atoms with van der Waals surface area (Å²) in [7, 11) is 0. The van der Waals surface area contributed by atoms with E-state index in [1.165, 1.54) is 18.1 Å². The summed E-state index contributed by atoms with van der Waals surface area (Å²) in [6.07, 6.45) is 3.55. The Morgan fingerprint density at radius 1 is 1.20 bits per heavy atom. The standard InChI is InChI=1S/C13H9N5OS/c19-10-4-7-3-8(1-2-9(7)18-10)20-13-11-12(15-5-14-11)16-6-17-13/h1-3,5-6H,4H2,(H,18,19)(H,14,15,16,17). The normalized spacial score (nSPS) is 13.5. The maximum absolute atomic E-state index is 11.4. The number of benzene rings is 1. The van der Waals surface area contributed by atoms with Crippen molar-refractivity contribution in [3.05, 3.63) is 36.4 Å². The lowest BCUT2D eigenvalue weighted by molar-refractivity contribution is -0.115. The zero-order valence-corrected chi connectivity index (χ0v) is 11.1. The second-order valence-electron chi connectivity index (χ2n) is 4.43. The number of aromatic nitrogens is 4. The van der Waals surface area contributed by atoms with Crippen LogP contribution in [0.4, 0.5) is 5.69 Å². The largest absolute Gasteiger partial charge is 0.341 e. The summed E-state index contributed by atoms with van der Waals surface area (Å²) in [6.45, 7) is 0. The number of fused-ring (bicyclic) bond motifs is 2. The molecule has 0 spiro atoms. The van der Waals surface area contributed by atoms with Crippen LogP contribution in [0.15, 0.2) is 40.8 Å². The van der Waals surface area contributed by atoms with Gasteiger partial charge in [0.25, 0.3) is 0 Å². The van der Waals surface area contributed by atoms with Gasteiger partial charge in [0.2, 0.25) is 5.91 Å². The molecule has 3 heterocycles. The summed E-state index contributed by atoms with van der Waals surface area (Å²) in [4.78, 5) is 27.9. The van der Waals surface area contributed by atoms with Gasteiger partial charge in [-0.3, -0.25) is 4.79 Å². The van der Waals surface area contributed by atoms with Crippen molar-refractivity contribution in [2.24, 2.45) is 0 Å². The summed E-state index contributed by atoms with van der Waals surface area (Å²) in [5, 5.41) is 3.65. The molecule has 0 atom stereocenters. The quantitative estimate of drug-likeness (QED) is 0.703. The highest BCUT2D eigenvalue weighted by Crippen LogP contribution is 2.33. The molecule has 1 amide bonds.